The van der Waals surface area contributed by atoms with Crippen LogP contribution in [0.4, 0.5) is 0 Å². The van der Waals surface area contributed by atoms with Gasteiger partial charge in [0.15, 0.2) is 5.60 Å². The summed E-state index contributed by atoms with van der Waals surface area (Å²) < 4.78 is 0. The molecule has 1 heterocycles. The first-order valence-corrected chi connectivity index (χ1v) is 5.62. The number of hydrogen-bond donors (Lipinski definition) is 1. The summed E-state index contributed by atoms with van der Waals surface area (Å²) >= 11 is 0. The molecular formula is C14H17NO2. The molecule has 0 saturated heterocycles. The van der Waals surface area contributed by atoms with Crippen LogP contribution in [-0.2, 0) is 4.84 Å². The molecule has 0 spiro atoms. The smallest absolute Gasteiger partial charge is 0.190 e. The summed E-state index contributed by atoms with van der Waals surface area (Å²) in [6.45, 7) is 9.58. The highest BCUT2D eigenvalue weighted by atomic mass is 16.7. The summed E-state index contributed by atoms with van der Waals surface area (Å²) in [5, 5.41) is 14.3. The summed E-state index contributed by atoms with van der Waals surface area (Å²) in [4.78, 5) is 5.35. The predicted octanol–water partition coefficient (Wildman–Crippen LogP) is 2.75. The van der Waals surface area contributed by atoms with Gasteiger partial charge in [0.25, 0.3) is 0 Å². The van der Waals surface area contributed by atoms with Gasteiger partial charge >= 0.3 is 0 Å². The van der Waals surface area contributed by atoms with Crippen molar-refractivity contribution in [2.75, 3.05) is 0 Å². The molecule has 0 radical (unpaired) electrons. The van der Waals surface area contributed by atoms with Crippen LogP contribution in [0.3, 0.4) is 0 Å². The van der Waals surface area contributed by atoms with Crippen molar-refractivity contribution in [2.24, 2.45) is 5.16 Å². The largest absolute Gasteiger partial charge is 0.384 e. The first-order valence-electron chi connectivity index (χ1n) is 5.62. The number of oxime groups is 1. The lowest BCUT2D eigenvalue weighted by Gasteiger charge is -2.29. The van der Waals surface area contributed by atoms with E-state index in [0.717, 1.165) is 22.4 Å². The third-order valence-electron chi connectivity index (χ3n) is 3.32. The van der Waals surface area contributed by atoms with Gasteiger partial charge in [-0.2, -0.15) is 0 Å². The first kappa shape index (κ1) is 11.9. The van der Waals surface area contributed by atoms with Crippen LogP contribution in [0.15, 0.2) is 41.6 Å². The van der Waals surface area contributed by atoms with Crippen molar-refractivity contribution in [3.05, 3.63) is 47.5 Å². The Hall–Kier alpha value is -1.61. The minimum absolute atomic E-state index is 0.727. The molecule has 1 aromatic rings. The highest BCUT2D eigenvalue weighted by molar-refractivity contribution is 6.00. The van der Waals surface area contributed by atoms with Crippen molar-refractivity contribution in [3.8, 4) is 0 Å². The molecule has 0 bridgehead atoms. The van der Waals surface area contributed by atoms with Crippen LogP contribution in [0.25, 0.3) is 0 Å². The molecule has 0 fully saturated rings. The van der Waals surface area contributed by atoms with Gasteiger partial charge in [0.2, 0.25) is 0 Å². The van der Waals surface area contributed by atoms with Gasteiger partial charge < -0.3 is 9.94 Å². The van der Waals surface area contributed by atoms with E-state index >= 15 is 0 Å². The maximum absolute atomic E-state index is 10.4. The first-order chi connectivity index (χ1) is 7.95. The van der Waals surface area contributed by atoms with Crippen molar-refractivity contribution < 1.29 is 9.94 Å². The zero-order chi connectivity index (χ0) is 12.6. The fraction of sp³-hybridized carbons (Fsp3) is 0.357. The van der Waals surface area contributed by atoms with E-state index in [-0.39, 0.29) is 0 Å². The molecule has 3 heteroatoms. The van der Waals surface area contributed by atoms with E-state index in [2.05, 4.69) is 11.7 Å². The average molecular weight is 231 g/mol. The third kappa shape index (κ3) is 1.87. The number of rotatable bonds is 2. The van der Waals surface area contributed by atoms with Crippen LogP contribution in [0.2, 0.25) is 0 Å². The summed E-state index contributed by atoms with van der Waals surface area (Å²) in [6, 6.07) is 7.73. The zero-order valence-electron chi connectivity index (χ0n) is 10.4. The molecule has 17 heavy (non-hydrogen) atoms. The number of nitrogens with zero attached hydrogens (tertiary/aromatic N) is 1. The van der Waals surface area contributed by atoms with Gasteiger partial charge in [0, 0.05) is 5.57 Å². The normalized spacial score (nSPS) is 25.4. The Bertz CT molecular complexity index is 476. The maximum atomic E-state index is 10.4. The highest BCUT2D eigenvalue weighted by Crippen LogP contribution is 2.39. The van der Waals surface area contributed by atoms with E-state index in [1.165, 1.54) is 0 Å². The molecule has 1 aliphatic rings. The standard InChI is InChI=1S/C14H17NO2/c1-9-5-7-12(8-6-9)13(16)14(4)10(2)11(3)15-17-14/h5-8,13,16H,2H2,1,3-4H3/t13-,14+/m0/s1. The van der Waals surface area contributed by atoms with Crippen LogP contribution < -0.4 is 0 Å². The molecule has 3 nitrogen and oxygen atoms in total. The molecule has 1 aliphatic heterocycles. The molecular weight excluding hydrogens is 214 g/mol. The van der Waals surface area contributed by atoms with Gasteiger partial charge in [-0.15, -0.1) is 0 Å². The Morgan fingerprint density at radius 3 is 2.35 bits per heavy atom. The second-order valence-electron chi connectivity index (χ2n) is 4.67. The van der Waals surface area contributed by atoms with Gasteiger partial charge in [0.1, 0.15) is 6.10 Å². The van der Waals surface area contributed by atoms with Crippen molar-refractivity contribution in [1.29, 1.82) is 0 Å². The predicted molar refractivity (Wildman–Crippen MR) is 67.9 cm³/mol. The van der Waals surface area contributed by atoms with Gasteiger partial charge in [-0.3, -0.25) is 0 Å². The zero-order valence-corrected chi connectivity index (χ0v) is 10.4. The van der Waals surface area contributed by atoms with Gasteiger partial charge in [-0.25, -0.2) is 0 Å². The summed E-state index contributed by atoms with van der Waals surface area (Å²) in [5.74, 6) is 0. The van der Waals surface area contributed by atoms with Gasteiger partial charge in [0.05, 0.1) is 5.71 Å². The van der Waals surface area contributed by atoms with Crippen LogP contribution >= 0.6 is 0 Å². The van der Waals surface area contributed by atoms with Gasteiger partial charge in [-0.05, 0) is 26.3 Å². The number of benzene rings is 1. The Morgan fingerprint density at radius 2 is 1.88 bits per heavy atom. The summed E-state index contributed by atoms with van der Waals surface area (Å²) in [6.07, 6.45) is -0.767. The summed E-state index contributed by atoms with van der Waals surface area (Å²) in [7, 11) is 0. The molecule has 0 unspecified atom stereocenters. The molecule has 2 atom stereocenters. The second kappa shape index (κ2) is 4.00. The Labute approximate surface area is 101 Å². The molecule has 90 valence electrons. The van der Waals surface area contributed by atoms with Crippen molar-refractivity contribution in [3.63, 3.8) is 0 Å². The molecule has 0 saturated carbocycles. The topological polar surface area (TPSA) is 41.8 Å². The second-order valence-corrected chi connectivity index (χ2v) is 4.67. The van der Waals surface area contributed by atoms with Crippen LogP contribution in [0.5, 0.6) is 0 Å². The van der Waals surface area contributed by atoms with Crippen LogP contribution in [0.1, 0.15) is 31.1 Å². The number of aliphatic hydroxyl groups is 1. The van der Waals surface area contributed by atoms with E-state index in [9.17, 15) is 5.11 Å². The number of aryl methyl sites for hydroxylation is 1. The average Bonchev–Trinajstić information content (AvgIpc) is 2.59. The van der Waals surface area contributed by atoms with Crippen LogP contribution in [-0.4, -0.2) is 16.4 Å². The Balaban J connectivity index is 2.29. The monoisotopic (exact) mass is 231 g/mol. The van der Waals surface area contributed by atoms with E-state index in [4.69, 9.17) is 4.84 Å². The van der Waals surface area contributed by atoms with Crippen LogP contribution in [0, 0.1) is 6.92 Å². The SMILES string of the molecule is C=C1C(C)=NO[C@@]1(C)[C@@H](O)c1ccc(C)cc1. The van der Waals surface area contributed by atoms with Gasteiger partial charge in [-0.1, -0.05) is 41.6 Å². The molecule has 1 N–H and O–H groups in total. The molecule has 0 aliphatic carbocycles. The molecule has 0 aromatic heterocycles. The highest BCUT2D eigenvalue weighted by Gasteiger charge is 2.44. The van der Waals surface area contributed by atoms with E-state index in [1.54, 1.807) is 6.92 Å². The lowest BCUT2D eigenvalue weighted by Crippen LogP contribution is -2.35. The lowest BCUT2D eigenvalue weighted by atomic mass is 9.85. The quantitative estimate of drug-likeness (QED) is 0.850. The third-order valence-corrected chi connectivity index (χ3v) is 3.32. The van der Waals surface area contributed by atoms with Crippen molar-refractivity contribution in [1.82, 2.24) is 0 Å². The Kier molecular flexibility index (Phi) is 2.79. The lowest BCUT2D eigenvalue weighted by molar-refractivity contribution is -0.0746. The minimum atomic E-state index is -0.862. The van der Waals surface area contributed by atoms with Crippen molar-refractivity contribution >= 4 is 5.71 Å². The molecule has 0 amide bonds. The van der Waals surface area contributed by atoms with E-state index in [0.29, 0.717) is 0 Å². The Morgan fingerprint density at radius 1 is 1.29 bits per heavy atom. The maximum Gasteiger partial charge on any atom is 0.190 e. The number of aliphatic hydroxyl groups excluding tert-OH is 1. The van der Waals surface area contributed by atoms with Crippen molar-refractivity contribution in [2.45, 2.75) is 32.5 Å². The fourth-order valence-electron chi connectivity index (χ4n) is 1.91. The van der Waals surface area contributed by atoms with E-state index in [1.807, 2.05) is 38.1 Å². The summed E-state index contributed by atoms with van der Waals surface area (Å²) in [5.41, 5.74) is 2.57. The van der Waals surface area contributed by atoms with E-state index < -0.39 is 11.7 Å². The molecule has 1 aromatic carbocycles. The molecule has 2 rings (SSSR count). The fourth-order valence-corrected chi connectivity index (χ4v) is 1.91. The minimum Gasteiger partial charge on any atom is -0.384 e. The number of hydrogen-bond acceptors (Lipinski definition) is 3.